The first-order valence-corrected chi connectivity index (χ1v) is 6.95. The van der Waals surface area contributed by atoms with E-state index in [0.717, 1.165) is 18.5 Å². The number of nitrogens with one attached hydrogen (secondary N) is 2. The van der Waals surface area contributed by atoms with Gasteiger partial charge in [-0.2, -0.15) is 0 Å². The maximum Gasteiger partial charge on any atom is 0.152 e. The van der Waals surface area contributed by atoms with Gasteiger partial charge in [-0.15, -0.1) is 0 Å². The van der Waals surface area contributed by atoms with Crippen molar-refractivity contribution in [3.8, 4) is 0 Å². The molecule has 2 rings (SSSR count). The molecule has 1 heterocycles. The van der Waals surface area contributed by atoms with Gasteiger partial charge in [-0.3, -0.25) is 4.79 Å². The molecule has 0 saturated carbocycles. The van der Waals surface area contributed by atoms with Crippen molar-refractivity contribution in [2.75, 3.05) is 6.54 Å². The summed E-state index contributed by atoms with van der Waals surface area (Å²) in [5.74, 6) is 0.349. The highest BCUT2D eigenvalue weighted by Gasteiger charge is 2.21. The monoisotopic (exact) mass is 258 g/mol. The minimum absolute atomic E-state index is 0.0641. The van der Waals surface area contributed by atoms with Crippen LogP contribution in [0, 0.1) is 5.92 Å². The number of hydrogen-bond acceptors (Lipinski definition) is 2. The van der Waals surface area contributed by atoms with E-state index >= 15 is 0 Å². The number of fused-ring (bicyclic) bond motifs is 1. The Kier molecular flexibility index (Phi) is 4.38. The average Bonchev–Trinajstić information content (AvgIpc) is 2.81. The average molecular weight is 258 g/mol. The maximum absolute atomic E-state index is 12.2. The van der Waals surface area contributed by atoms with E-state index in [1.54, 1.807) is 0 Å². The van der Waals surface area contributed by atoms with Crippen LogP contribution in [0.2, 0.25) is 0 Å². The van der Waals surface area contributed by atoms with Crippen molar-refractivity contribution < 1.29 is 4.79 Å². The molecule has 0 aliphatic carbocycles. The fourth-order valence-corrected chi connectivity index (χ4v) is 2.44. The Balaban J connectivity index is 2.23. The van der Waals surface area contributed by atoms with Crippen molar-refractivity contribution >= 4 is 16.7 Å². The largest absolute Gasteiger partial charge is 0.361 e. The van der Waals surface area contributed by atoms with Crippen LogP contribution < -0.4 is 5.32 Å². The van der Waals surface area contributed by atoms with Crippen molar-refractivity contribution in [2.24, 2.45) is 5.92 Å². The molecule has 0 amide bonds. The lowest BCUT2D eigenvalue weighted by atomic mass is 9.95. The molecule has 2 aromatic rings. The Bertz CT molecular complexity index is 557. The molecule has 19 heavy (non-hydrogen) atoms. The lowest BCUT2D eigenvalue weighted by Gasteiger charge is -2.18. The lowest BCUT2D eigenvalue weighted by Crippen LogP contribution is -2.40. The quantitative estimate of drug-likeness (QED) is 0.836. The van der Waals surface area contributed by atoms with Crippen LogP contribution in [0.15, 0.2) is 30.5 Å². The third-order valence-corrected chi connectivity index (χ3v) is 3.46. The number of Topliss-reactive ketones (excluding diaryl/α,β-unsaturated/α-hetero) is 1. The Labute approximate surface area is 114 Å². The summed E-state index contributed by atoms with van der Waals surface area (Å²) in [6.45, 7) is 6.77. The predicted octanol–water partition coefficient (Wildman–Crippen LogP) is 2.91. The fourth-order valence-electron chi connectivity index (χ4n) is 2.44. The number of likely N-dealkylation sites (N-methyl/N-ethyl adjacent to an activating group) is 1. The molecule has 0 radical (unpaired) electrons. The summed E-state index contributed by atoms with van der Waals surface area (Å²) in [7, 11) is 0. The minimum atomic E-state index is -0.0933. The SMILES string of the molecule is CCNC(Cc1c[nH]c2ccccc12)C(=O)C(C)C. The minimum Gasteiger partial charge on any atom is -0.361 e. The molecule has 1 atom stereocenters. The zero-order chi connectivity index (χ0) is 13.8. The van der Waals surface area contributed by atoms with Gasteiger partial charge in [0.2, 0.25) is 0 Å². The highest BCUT2D eigenvalue weighted by atomic mass is 16.1. The maximum atomic E-state index is 12.2. The number of aromatic amines is 1. The van der Waals surface area contributed by atoms with Gasteiger partial charge in [-0.1, -0.05) is 39.0 Å². The second-order valence-corrected chi connectivity index (χ2v) is 5.23. The molecule has 1 aromatic carbocycles. The molecular weight excluding hydrogens is 236 g/mol. The van der Waals surface area contributed by atoms with Crippen molar-refractivity contribution in [1.82, 2.24) is 10.3 Å². The van der Waals surface area contributed by atoms with Crippen molar-refractivity contribution in [3.05, 3.63) is 36.0 Å². The summed E-state index contributed by atoms with van der Waals surface area (Å²) in [5, 5.41) is 4.51. The molecule has 102 valence electrons. The summed E-state index contributed by atoms with van der Waals surface area (Å²) in [6, 6.07) is 8.12. The molecule has 0 bridgehead atoms. The van der Waals surface area contributed by atoms with E-state index in [1.807, 2.05) is 39.1 Å². The van der Waals surface area contributed by atoms with Gasteiger partial charge in [-0.05, 0) is 24.6 Å². The normalized spacial score (nSPS) is 13.1. The molecule has 0 saturated heterocycles. The standard InChI is InChI=1S/C16H22N2O/c1-4-17-15(16(19)11(2)3)9-12-10-18-14-8-6-5-7-13(12)14/h5-8,10-11,15,17-18H,4,9H2,1-3H3. The summed E-state index contributed by atoms with van der Waals surface area (Å²) in [6.07, 6.45) is 2.76. The van der Waals surface area contributed by atoms with Gasteiger partial charge in [0, 0.05) is 23.0 Å². The van der Waals surface area contributed by atoms with Gasteiger partial charge in [0.05, 0.1) is 6.04 Å². The summed E-state index contributed by atoms with van der Waals surface area (Å²) in [4.78, 5) is 15.5. The molecule has 0 fully saturated rings. The lowest BCUT2D eigenvalue weighted by molar-refractivity contribution is -0.123. The number of benzene rings is 1. The van der Waals surface area contributed by atoms with Crippen LogP contribution in [0.4, 0.5) is 0 Å². The van der Waals surface area contributed by atoms with Crippen LogP contribution in [-0.4, -0.2) is 23.4 Å². The van der Waals surface area contributed by atoms with Gasteiger partial charge >= 0.3 is 0 Å². The molecule has 3 nitrogen and oxygen atoms in total. The first-order chi connectivity index (χ1) is 9.13. The van der Waals surface area contributed by atoms with E-state index in [-0.39, 0.29) is 17.7 Å². The first-order valence-electron chi connectivity index (χ1n) is 6.95. The summed E-state index contributed by atoms with van der Waals surface area (Å²) in [5.41, 5.74) is 2.33. The van der Waals surface area contributed by atoms with E-state index in [0.29, 0.717) is 0 Å². The summed E-state index contributed by atoms with van der Waals surface area (Å²) >= 11 is 0. The predicted molar refractivity (Wildman–Crippen MR) is 79.3 cm³/mol. The van der Waals surface area contributed by atoms with E-state index in [1.165, 1.54) is 10.9 Å². The van der Waals surface area contributed by atoms with E-state index in [9.17, 15) is 4.79 Å². The smallest absolute Gasteiger partial charge is 0.152 e. The van der Waals surface area contributed by atoms with Crippen LogP contribution in [0.5, 0.6) is 0 Å². The Morgan fingerprint density at radius 2 is 2.05 bits per heavy atom. The highest BCUT2D eigenvalue weighted by molar-refractivity contribution is 5.88. The van der Waals surface area contributed by atoms with E-state index in [4.69, 9.17) is 0 Å². The second-order valence-electron chi connectivity index (χ2n) is 5.23. The first kappa shape index (κ1) is 13.8. The highest BCUT2D eigenvalue weighted by Crippen LogP contribution is 2.20. The van der Waals surface area contributed by atoms with Crippen molar-refractivity contribution in [2.45, 2.75) is 33.2 Å². The number of carbonyl (C=O) groups is 1. The number of aromatic nitrogens is 1. The van der Waals surface area contributed by atoms with Gasteiger partial charge in [-0.25, -0.2) is 0 Å². The molecular formula is C16H22N2O. The number of ketones is 1. The molecule has 1 unspecified atom stereocenters. The number of hydrogen-bond donors (Lipinski definition) is 2. The third-order valence-electron chi connectivity index (χ3n) is 3.46. The van der Waals surface area contributed by atoms with Crippen LogP contribution in [-0.2, 0) is 11.2 Å². The number of carbonyl (C=O) groups excluding carboxylic acids is 1. The van der Waals surface area contributed by atoms with Gasteiger partial charge in [0.1, 0.15) is 0 Å². The molecule has 0 aliphatic heterocycles. The second kappa shape index (κ2) is 6.02. The van der Waals surface area contributed by atoms with Crippen LogP contribution in [0.25, 0.3) is 10.9 Å². The Morgan fingerprint density at radius 3 is 2.74 bits per heavy atom. The zero-order valence-electron chi connectivity index (χ0n) is 11.9. The third kappa shape index (κ3) is 3.04. The number of para-hydroxylation sites is 1. The van der Waals surface area contributed by atoms with Gasteiger partial charge in [0.25, 0.3) is 0 Å². The van der Waals surface area contributed by atoms with Crippen molar-refractivity contribution in [1.29, 1.82) is 0 Å². The molecule has 0 aliphatic rings. The summed E-state index contributed by atoms with van der Waals surface area (Å²) < 4.78 is 0. The van der Waals surface area contributed by atoms with E-state index < -0.39 is 0 Å². The topological polar surface area (TPSA) is 44.9 Å². The van der Waals surface area contributed by atoms with Crippen LogP contribution in [0.3, 0.4) is 0 Å². The Morgan fingerprint density at radius 1 is 1.32 bits per heavy atom. The van der Waals surface area contributed by atoms with Crippen LogP contribution in [0.1, 0.15) is 26.3 Å². The Hall–Kier alpha value is -1.61. The molecule has 2 N–H and O–H groups in total. The van der Waals surface area contributed by atoms with Crippen molar-refractivity contribution in [3.63, 3.8) is 0 Å². The molecule has 1 aromatic heterocycles. The number of rotatable bonds is 6. The van der Waals surface area contributed by atoms with Crippen LogP contribution >= 0.6 is 0 Å². The van der Waals surface area contributed by atoms with Gasteiger partial charge in [0.15, 0.2) is 5.78 Å². The molecule has 3 heteroatoms. The molecule has 0 spiro atoms. The fraction of sp³-hybridized carbons (Fsp3) is 0.438. The zero-order valence-corrected chi connectivity index (χ0v) is 11.9. The van der Waals surface area contributed by atoms with E-state index in [2.05, 4.69) is 22.4 Å². The number of H-pyrrole nitrogens is 1. The van der Waals surface area contributed by atoms with Gasteiger partial charge < -0.3 is 10.3 Å².